The van der Waals surface area contributed by atoms with E-state index in [-0.39, 0.29) is 0 Å². The molecule has 0 radical (unpaired) electrons. The van der Waals surface area contributed by atoms with Crippen LogP contribution in [0.2, 0.25) is 0 Å². The Kier molecular flexibility index (Phi) is 5.88. The quantitative estimate of drug-likeness (QED) is 0.281. The molecule has 2 atom stereocenters. The van der Waals surface area contributed by atoms with Gasteiger partial charge in [-0.15, -0.1) is 4.52 Å². The van der Waals surface area contributed by atoms with E-state index in [0.717, 1.165) is 17.5 Å². The largest absolute Gasteiger partial charge is 0.430 e. The van der Waals surface area contributed by atoms with E-state index in [0.29, 0.717) is 37.7 Å². The summed E-state index contributed by atoms with van der Waals surface area (Å²) in [6, 6.07) is 15.7. The Morgan fingerprint density at radius 2 is 1.12 bits per heavy atom. The molecule has 2 aromatic carbocycles. The molecule has 2 spiro atoms. The fourth-order valence-corrected chi connectivity index (χ4v) is 23.5. The van der Waals surface area contributed by atoms with Crippen molar-refractivity contribution in [2.45, 2.75) is 19.5 Å². The first-order valence-electron chi connectivity index (χ1n) is 10.1. The Morgan fingerprint density at radius 3 is 1.70 bits per heavy atom. The van der Waals surface area contributed by atoms with E-state index in [1.165, 1.54) is 0 Å². The lowest BCUT2D eigenvalue weighted by Gasteiger charge is -2.45. The standard InChI is InChI=1S/C17H18Cl4N6O2P4/c18-30(19)22-31(20,21)24-33-25-32(23-30)26(12-14-6-1-3-8-16(14)28-32)10-5-11-27(33)13-15-7-2-4-9-17(15)29-33/h1-4,6-9H,5,10-13H2/t32-,33+. The van der Waals surface area contributed by atoms with E-state index in [2.05, 4.69) is 13.9 Å². The summed E-state index contributed by atoms with van der Waals surface area (Å²) in [5.41, 5.74) is 2.10. The van der Waals surface area contributed by atoms with Crippen molar-refractivity contribution in [2.75, 3.05) is 13.1 Å². The second-order valence-corrected chi connectivity index (χ2v) is 22.8. The number of para-hydroxylation sites is 2. The summed E-state index contributed by atoms with van der Waals surface area (Å²) in [6.45, 7) is 2.60. The molecule has 0 amide bonds. The Hall–Kier alpha value is 0.0400. The van der Waals surface area contributed by atoms with Gasteiger partial charge in [0.2, 0.25) is 0 Å². The van der Waals surface area contributed by atoms with Crippen molar-refractivity contribution in [2.24, 2.45) is 18.1 Å². The number of hydrogen-bond donors (Lipinski definition) is 0. The lowest BCUT2D eigenvalue weighted by Crippen LogP contribution is -2.34. The van der Waals surface area contributed by atoms with Crippen LogP contribution in [0.4, 0.5) is 0 Å². The topological polar surface area (TPSA) is 74.4 Å². The van der Waals surface area contributed by atoms with Crippen molar-refractivity contribution < 1.29 is 9.05 Å². The molecule has 0 unspecified atom stereocenters. The molecular formula is C17H18Cl4N6O2P4. The van der Waals surface area contributed by atoms with Crippen molar-refractivity contribution in [3.63, 3.8) is 0 Å². The van der Waals surface area contributed by atoms with Gasteiger partial charge in [-0.1, -0.05) is 36.4 Å². The van der Waals surface area contributed by atoms with Gasteiger partial charge in [0.15, 0.2) is 0 Å². The van der Waals surface area contributed by atoms with Crippen molar-refractivity contribution in [3.05, 3.63) is 59.7 Å². The van der Waals surface area contributed by atoms with Gasteiger partial charge < -0.3 is 9.05 Å². The lowest BCUT2D eigenvalue weighted by atomic mass is 10.2. The fraction of sp³-hybridized carbons (Fsp3) is 0.294. The average Bonchev–Trinajstić information content (AvgIpc) is 2.71. The van der Waals surface area contributed by atoms with Gasteiger partial charge in [-0.25, -0.2) is 9.34 Å². The number of rotatable bonds is 0. The van der Waals surface area contributed by atoms with E-state index in [1.807, 2.05) is 48.5 Å². The number of hydrogen-bond acceptors (Lipinski definition) is 8. The first kappa shape index (κ1) is 23.4. The molecule has 0 saturated heterocycles. The molecule has 16 heteroatoms. The molecule has 176 valence electrons. The smallest absolute Gasteiger partial charge is 0.335 e. The zero-order valence-electron chi connectivity index (χ0n) is 17.0. The predicted octanol–water partition coefficient (Wildman–Crippen LogP) is 9.93. The van der Waals surface area contributed by atoms with Crippen molar-refractivity contribution >= 4 is 71.9 Å². The van der Waals surface area contributed by atoms with Crippen LogP contribution in [0.1, 0.15) is 17.5 Å². The van der Waals surface area contributed by atoms with Crippen LogP contribution < -0.4 is 9.05 Å². The number of fused-ring (bicyclic) bond motifs is 2. The molecule has 4 aliphatic rings. The SMILES string of the molecule is ClP1(Cl)=NP(Cl)(Cl)=N[P@@]23=N[P@]4(=N1)Oc1ccccc1CN4CCCN2Cc1ccccc1O3. The zero-order valence-corrected chi connectivity index (χ0v) is 23.6. The summed E-state index contributed by atoms with van der Waals surface area (Å²) in [5, 5.41) is 0. The molecule has 4 aliphatic heterocycles. The van der Waals surface area contributed by atoms with Crippen LogP contribution in [0.25, 0.3) is 0 Å². The van der Waals surface area contributed by atoms with Gasteiger partial charge in [-0.2, -0.15) is 13.5 Å². The molecule has 33 heavy (non-hydrogen) atoms. The summed E-state index contributed by atoms with van der Waals surface area (Å²) in [4.78, 5) is 0. The minimum atomic E-state index is -3.34. The highest BCUT2D eigenvalue weighted by molar-refractivity contribution is 8.19. The summed E-state index contributed by atoms with van der Waals surface area (Å²) in [6.07, 6.45) is 0.824. The van der Waals surface area contributed by atoms with Crippen LogP contribution in [0.5, 0.6) is 11.5 Å². The summed E-state index contributed by atoms with van der Waals surface area (Å²) < 4.78 is 36.7. The predicted molar refractivity (Wildman–Crippen MR) is 140 cm³/mol. The van der Waals surface area contributed by atoms with Crippen LogP contribution in [-0.4, -0.2) is 22.4 Å². The summed E-state index contributed by atoms with van der Waals surface area (Å²) >= 11 is 26.5. The Labute approximate surface area is 211 Å². The maximum atomic E-state index is 6.63. The van der Waals surface area contributed by atoms with Gasteiger partial charge >= 0.3 is 15.2 Å². The van der Waals surface area contributed by atoms with Crippen molar-refractivity contribution in [1.29, 1.82) is 0 Å². The molecule has 0 fully saturated rings. The highest BCUT2D eigenvalue weighted by atomic mass is 35.9. The highest BCUT2D eigenvalue weighted by Crippen LogP contribution is 2.86. The molecule has 2 aromatic rings. The minimum absolute atomic E-state index is 0.601. The molecule has 8 nitrogen and oxygen atoms in total. The van der Waals surface area contributed by atoms with Gasteiger partial charge in [0.05, 0.1) is 0 Å². The summed E-state index contributed by atoms with van der Waals surface area (Å²) in [7, 11) is -6.29. The molecule has 0 aliphatic carbocycles. The van der Waals surface area contributed by atoms with Gasteiger partial charge in [0, 0.05) is 37.3 Å². The first-order valence-corrected chi connectivity index (χ1v) is 20.2. The second kappa shape index (κ2) is 8.29. The fourth-order valence-electron chi connectivity index (χ4n) is 4.19. The van der Waals surface area contributed by atoms with Crippen molar-refractivity contribution in [1.82, 2.24) is 9.34 Å². The van der Waals surface area contributed by atoms with Crippen LogP contribution in [0, 0.1) is 0 Å². The van der Waals surface area contributed by atoms with Crippen LogP contribution in [-0.2, 0) is 13.1 Å². The molecule has 0 aromatic heterocycles. The highest BCUT2D eigenvalue weighted by Gasteiger charge is 2.49. The van der Waals surface area contributed by atoms with E-state index >= 15 is 0 Å². The summed E-state index contributed by atoms with van der Waals surface area (Å²) in [5.74, 6) is -5.28. The van der Waals surface area contributed by atoms with Gasteiger partial charge in [0.25, 0.3) is 11.8 Å². The maximum Gasteiger partial charge on any atom is 0.335 e. The third kappa shape index (κ3) is 4.30. The van der Waals surface area contributed by atoms with E-state index in [9.17, 15) is 0 Å². The lowest BCUT2D eigenvalue weighted by molar-refractivity contribution is 0.311. The van der Waals surface area contributed by atoms with E-state index < -0.39 is 27.0 Å². The molecular weight excluding hydrogens is 586 g/mol. The Bertz CT molecular complexity index is 1320. The second-order valence-electron chi connectivity index (χ2n) is 7.82. The normalized spacial score (nSPS) is 31.8. The van der Waals surface area contributed by atoms with Gasteiger partial charge in [-0.05, 0) is 63.5 Å². The number of benzene rings is 2. The first-order chi connectivity index (χ1) is 15.7. The average molecular weight is 604 g/mol. The third-order valence-electron chi connectivity index (χ3n) is 5.56. The van der Waals surface area contributed by atoms with E-state index in [1.54, 1.807) is 0 Å². The van der Waals surface area contributed by atoms with Gasteiger partial charge in [0.1, 0.15) is 11.5 Å². The maximum absolute atomic E-state index is 6.63. The number of halogens is 4. The van der Waals surface area contributed by atoms with Crippen LogP contribution in [0.3, 0.4) is 0 Å². The van der Waals surface area contributed by atoms with Crippen LogP contribution >= 0.6 is 71.9 Å². The monoisotopic (exact) mass is 602 g/mol. The Balaban J connectivity index is 1.68. The number of nitrogens with zero attached hydrogens (tertiary/aromatic N) is 6. The van der Waals surface area contributed by atoms with Gasteiger partial charge in [-0.3, -0.25) is 0 Å². The third-order valence-corrected chi connectivity index (χ3v) is 20.6. The minimum Gasteiger partial charge on any atom is -0.430 e. The van der Waals surface area contributed by atoms with Crippen LogP contribution in [0.15, 0.2) is 66.6 Å². The van der Waals surface area contributed by atoms with Crippen molar-refractivity contribution in [3.8, 4) is 11.5 Å². The zero-order chi connectivity index (χ0) is 22.9. The molecule has 4 heterocycles. The molecule has 0 N–H and O–H groups in total. The molecule has 0 saturated carbocycles. The molecule has 6 rings (SSSR count). The van der Waals surface area contributed by atoms with E-state index in [4.69, 9.17) is 67.6 Å². The Morgan fingerprint density at radius 1 is 0.636 bits per heavy atom. The molecule has 2 bridgehead atoms.